The van der Waals surface area contributed by atoms with Gasteiger partial charge < -0.3 is 15.7 Å². The summed E-state index contributed by atoms with van der Waals surface area (Å²) in [5.41, 5.74) is 0. The van der Waals surface area contributed by atoms with Gasteiger partial charge in [0.05, 0.1) is 19.2 Å². The van der Waals surface area contributed by atoms with Gasteiger partial charge in [-0.05, 0) is 40.5 Å². The highest BCUT2D eigenvalue weighted by atomic mass is 31.0. The second-order valence-corrected chi connectivity index (χ2v) is 10.5. The number of nitrogens with zero attached hydrogens (tertiary/aromatic N) is 2. The van der Waals surface area contributed by atoms with E-state index in [0.29, 0.717) is 43.4 Å². The van der Waals surface area contributed by atoms with E-state index in [9.17, 15) is 18.0 Å². The summed E-state index contributed by atoms with van der Waals surface area (Å²) in [5, 5.41) is 14.7. The van der Waals surface area contributed by atoms with Crippen molar-refractivity contribution < 1.29 is 23.1 Å². The minimum Gasteiger partial charge on any atom is -0.392 e. The molecule has 0 aromatic heterocycles. The van der Waals surface area contributed by atoms with Crippen LogP contribution < -0.4 is 10.6 Å². The molecule has 0 bridgehead atoms. The predicted molar refractivity (Wildman–Crippen MR) is 126 cm³/mol. The number of Topliss-reactive ketones (excluding diaryl/α,β-unsaturated/α-hetero) is 1. The van der Waals surface area contributed by atoms with E-state index in [-0.39, 0.29) is 25.1 Å². The molecule has 0 amide bonds. The van der Waals surface area contributed by atoms with Crippen molar-refractivity contribution in [3.8, 4) is 0 Å². The Morgan fingerprint density at radius 1 is 1.03 bits per heavy atom. The van der Waals surface area contributed by atoms with Crippen molar-refractivity contribution in [1.82, 2.24) is 20.0 Å². The van der Waals surface area contributed by atoms with Crippen LogP contribution in [0.3, 0.4) is 0 Å². The van der Waals surface area contributed by atoms with Crippen molar-refractivity contribution in [3.63, 3.8) is 0 Å². The molecule has 4 saturated heterocycles. The van der Waals surface area contributed by atoms with Crippen molar-refractivity contribution in [2.24, 2.45) is 0 Å². The van der Waals surface area contributed by atoms with Gasteiger partial charge in [-0.2, -0.15) is 0 Å². The van der Waals surface area contributed by atoms with Crippen LogP contribution in [-0.2, 0) is 4.79 Å². The second kappa shape index (κ2) is 13.7. The number of rotatable bonds is 0. The lowest BCUT2D eigenvalue weighted by Gasteiger charge is -2.11. The van der Waals surface area contributed by atoms with E-state index in [4.69, 9.17) is 5.11 Å². The number of nitrogens with one attached hydrogen (secondary N) is 2. The van der Waals surface area contributed by atoms with Gasteiger partial charge in [0.25, 0.3) is 5.92 Å². The Bertz CT molecular complexity index is 521. The number of aliphatic hydroxyl groups is 1. The Balaban J connectivity index is 0.000000207. The average molecular weight is 489 g/mol. The molecule has 8 atom stereocenters. The van der Waals surface area contributed by atoms with Crippen LogP contribution in [0.5, 0.6) is 0 Å². The number of alkyl halides is 3. The summed E-state index contributed by atoms with van der Waals surface area (Å²) in [4.78, 5) is 10.6. The van der Waals surface area contributed by atoms with Crippen LogP contribution in [0.2, 0.25) is 0 Å². The maximum atomic E-state index is 12.1. The lowest BCUT2D eigenvalue weighted by atomic mass is 10.2. The van der Waals surface area contributed by atoms with Crippen molar-refractivity contribution >= 4 is 24.6 Å². The van der Waals surface area contributed by atoms with Crippen molar-refractivity contribution in [2.75, 3.05) is 26.2 Å². The normalized spacial score (nSPS) is 37.4. The van der Waals surface area contributed by atoms with Gasteiger partial charge in [-0.25, -0.2) is 13.2 Å². The Morgan fingerprint density at radius 3 is 1.81 bits per heavy atom. The van der Waals surface area contributed by atoms with Gasteiger partial charge >= 0.3 is 0 Å². The standard InChI is InChI=1S/C5H9F2N.C5H10FN.C5H12NOP.C5H10NOP/c1-4-2-5(6,7)3-8-4;1-4-2-5(6)3-7-4;2*1-4-2-5(7)3-6(4)8/h4,8H,2-3H2,1H3;4-5,7H,2-3H2,1H3;4-5,7H,2-3,8H2,1H3;4H,2-3,8H2,1H3. The number of hydrogen-bond acceptors (Lipinski definition) is 6. The largest absolute Gasteiger partial charge is 0.392 e. The summed E-state index contributed by atoms with van der Waals surface area (Å²) >= 11 is 0. The average Bonchev–Trinajstić information content (AvgIpc) is 3.34. The molecule has 8 unspecified atom stereocenters. The Morgan fingerprint density at radius 2 is 1.68 bits per heavy atom. The molecule has 0 aliphatic carbocycles. The van der Waals surface area contributed by atoms with E-state index in [1.807, 2.05) is 11.6 Å². The van der Waals surface area contributed by atoms with Crippen molar-refractivity contribution in [1.29, 1.82) is 0 Å². The van der Waals surface area contributed by atoms with Crippen LogP contribution in [0.1, 0.15) is 53.4 Å². The highest BCUT2D eigenvalue weighted by Crippen LogP contribution is 2.24. The first-order valence-electron chi connectivity index (χ1n) is 11.0. The number of halogens is 3. The highest BCUT2D eigenvalue weighted by molar-refractivity contribution is 7.13. The zero-order valence-electron chi connectivity index (χ0n) is 19.2. The first-order chi connectivity index (χ1) is 14.3. The molecule has 0 spiro atoms. The van der Waals surface area contributed by atoms with E-state index in [2.05, 4.69) is 47.9 Å². The fourth-order valence-corrected chi connectivity index (χ4v) is 4.37. The topological polar surface area (TPSA) is 67.8 Å². The molecule has 6 nitrogen and oxygen atoms in total. The van der Waals surface area contributed by atoms with Gasteiger partial charge in [-0.1, -0.05) is 18.8 Å². The molecule has 4 aliphatic heterocycles. The fraction of sp³-hybridized carbons (Fsp3) is 0.950. The molecule has 4 fully saturated rings. The molecule has 11 heteroatoms. The Labute approximate surface area is 190 Å². The minimum absolute atomic E-state index is 0.00694. The smallest absolute Gasteiger partial charge is 0.261 e. The summed E-state index contributed by atoms with van der Waals surface area (Å²) in [6.45, 7) is 9.77. The van der Waals surface area contributed by atoms with Crippen molar-refractivity contribution in [2.45, 2.75) is 95.7 Å². The number of carbonyl (C=O) groups is 1. The maximum Gasteiger partial charge on any atom is 0.261 e. The zero-order chi connectivity index (χ0) is 23.8. The third-order valence-corrected chi connectivity index (χ3v) is 7.07. The van der Waals surface area contributed by atoms with Gasteiger partial charge in [0.1, 0.15) is 12.0 Å². The van der Waals surface area contributed by atoms with Gasteiger partial charge in [0.2, 0.25) is 0 Å². The predicted octanol–water partition coefficient (Wildman–Crippen LogP) is 2.38. The summed E-state index contributed by atoms with van der Waals surface area (Å²) in [6.07, 6.45) is 1.65. The fourth-order valence-electron chi connectivity index (χ4n) is 3.69. The molecule has 0 saturated carbocycles. The number of ketones is 1. The Hall–Kier alpha value is 0.120. The summed E-state index contributed by atoms with van der Waals surface area (Å²) in [6, 6.07) is 1.36. The molecule has 3 N–H and O–H groups in total. The SMILES string of the molecule is CC1CC(=O)CN1P.CC1CC(F)(F)CN1.CC1CC(F)CN1.CC1CC(O)CN1P. The molecule has 4 heterocycles. The quantitative estimate of drug-likeness (QED) is 0.455. The van der Waals surface area contributed by atoms with Gasteiger partial charge in [0.15, 0.2) is 0 Å². The van der Waals surface area contributed by atoms with E-state index in [0.717, 1.165) is 19.4 Å². The second-order valence-electron chi connectivity index (χ2n) is 9.18. The number of aliphatic hydroxyl groups excluding tert-OH is 1. The monoisotopic (exact) mass is 488 g/mol. The van der Waals surface area contributed by atoms with E-state index < -0.39 is 12.1 Å². The molecule has 0 aromatic carbocycles. The summed E-state index contributed by atoms with van der Waals surface area (Å²) in [5.74, 6) is -2.09. The van der Waals surface area contributed by atoms with Crippen LogP contribution in [0.25, 0.3) is 0 Å². The lowest BCUT2D eigenvalue weighted by Crippen LogP contribution is -2.20. The van der Waals surface area contributed by atoms with E-state index in [1.54, 1.807) is 6.92 Å². The van der Waals surface area contributed by atoms with Gasteiger partial charge in [-0.3, -0.25) is 14.1 Å². The molecule has 4 rings (SSSR count). The van der Waals surface area contributed by atoms with Crippen molar-refractivity contribution in [3.05, 3.63) is 0 Å². The number of β-amino-alcohol motifs (C(OH)–C–C–N with tert-alkyl or cyclic N) is 1. The maximum absolute atomic E-state index is 12.1. The number of carbonyl (C=O) groups excluding carboxylic acids is 1. The van der Waals surface area contributed by atoms with E-state index >= 15 is 0 Å². The summed E-state index contributed by atoms with van der Waals surface area (Å²) < 4.78 is 40.5. The molecule has 0 radical (unpaired) electrons. The van der Waals surface area contributed by atoms with Crippen LogP contribution in [0.15, 0.2) is 0 Å². The summed E-state index contributed by atoms with van der Waals surface area (Å²) in [7, 11) is 5.16. The van der Waals surface area contributed by atoms with Crippen LogP contribution in [-0.4, -0.2) is 88.8 Å². The molecular formula is C20H41F3N4O2P2. The lowest BCUT2D eigenvalue weighted by molar-refractivity contribution is -0.116. The van der Waals surface area contributed by atoms with Crippen LogP contribution >= 0.6 is 18.8 Å². The number of hydrogen-bond donors (Lipinski definition) is 3. The molecule has 31 heavy (non-hydrogen) atoms. The first-order valence-corrected chi connectivity index (χ1v) is 12.0. The third-order valence-electron chi connectivity index (χ3n) is 5.66. The zero-order valence-corrected chi connectivity index (χ0v) is 21.5. The minimum atomic E-state index is -2.45. The molecule has 0 aromatic rings. The van der Waals surface area contributed by atoms with Crippen LogP contribution in [0.4, 0.5) is 13.2 Å². The van der Waals surface area contributed by atoms with Gasteiger partial charge in [0, 0.05) is 50.1 Å². The molecule has 4 aliphatic rings. The molecular weight excluding hydrogens is 447 g/mol. The van der Waals surface area contributed by atoms with Gasteiger partial charge in [-0.15, -0.1) is 0 Å². The third kappa shape index (κ3) is 12.2. The molecule has 184 valence electrons. The highest BCUT2D eigenvalue weighted by Gasteiger charge is 2.36. The Kier molecular flexibility index (Phi) is 12.9. The van der Waals surface area contributed by atoms with E-state index in [1.165, 1.54) is 0 Å². The van der Waals surface area contributed by atoms with Crippen LogP contribution in [0, 0.1) is 0 Å². The first kappa shape index (κ1) is 29.2.